The molecule has 0 saturated heterocycles. The van der Waals surface area contributed by atoms with E-state index in [0.29, 0.717) is 5.92 Å². The van der Waals surface area contributed by atoms with Gasteiger partial charge in [0, 0.05) is 0 Å². The van der Waals surface area contributed by atoms with Crippen molar-refractivity contribution in [1.82, 2.24) is 0 Å². The van der Waals surface area contributed by atoms with Crippen molar-refractivity contribution < 1.29 is 49.2 Å². The van der Waals surface area contributed by atoms with Crippen LogP contribution in [-0.4, -0.2) is 0 Å². The number of allylic oxidation sites excluding steroid dienone is 5. The maximum atomic E-state index is 2.43. The van der Waals surface area contributed by atoms with E-state index in [1.54, 1.807) is 11.1 Å². The fourth-order valence-corrected chi connectivity index (χ4v) is 5.78. The number of halogens is 2. The average Bonchev–Trinajstić information content (AvgIpc) is 2.92. The minimum Gasteiger partial charge on any atom is -1.00 e. The van der Waals surface area contributed by atoms with E-state index >= 15 is 0 Å². The molecule has 3 heteroatoms. The van der Waals surface area contributed by atoms with Gasteiger partial charge in [-0.1, -0.05) is 0 Å². The minimum atomic E-state index is 0. The van der Waals surface area contributed by atoms with Crippen molar-refractivity contribution >= 4 is 6.08 Å². The molecule has 0 amide bonds. The Kier molecular flexibility index (Phi) is 5.92. The van der Waals surface area contributed by atoms with Crippen LogP contribution in [0.25, 0.3) is 6.08 Å². The summed E-state index contributed by atoms with van der Waals surface area (Å²) < 4.78 is 0.289. The van der Waals surface area contributed by atoms with Crippen molar-refractivity contribution in [2.24, 2.45) is 0 Å². The van der Waals surface area contributed by atoms with Gasteiger partial charge in [-0.2, -0.15) is 0 Å². The second kappa shape index (κ2) is 6.56. The first-order valence-electron chi connectivity index (χ1n) is 6.86. The number of hydrogen-bond acceptors (Lipinski definition) is 0. The normalized spacial score (nSPS) is 22.1. The van der Waals surface area contributed by atoms with Crippen LogP contribution < -0.4 is 24.8 Å². The molecular weight excluding hydrogens is 466 g/mol. The van der Waals surface area contributed by atoms with E-state index < -0.39 is 0 Å². The van der Waals surface area contributed by atoms with E-state index in [1.807, 2.05) is 0 Å². The third-order valence-electron chi connectivity index (χ3n) is 5.14. The minimum absolute atomic E-state index is 0. The van der Waals surface area contributed by atoms with Gasteiger partial charge in [0.05, 0.1) is 0 Å². The first-order valence-corrected chi connectivity index (χ1v) is 8.66. The fraction of sp³-hybridized carbons (Fsp3) is 0.333. The molecule has 0 saturated carbocycles. The summed E-state index contributed by atoms with van der Waals surface area (Å²) in [6.07, 6.45) is 4.74. The Morgan fingerprint density at radius 1 is 0.905 bits per heavy atom. The molecule has 0 aliphatic heterocycles. The molecule has 0 nitrogen and oxygen atoms in total. The van der Waals surface area contributed by atoms with E-state index in [4.69, 9.17) is 0 Å². The molecule has 1 aromatic carbocycles. The van der Waals surface area contributed by atoms with Gasteiger partial charge in [-0.25, -0.2) is 0 Å². The zero-order chi connectivity index (χ0) is 13.8. The molecule has 21 heavy (non-hydrogen) atoms. The number of rotatable bonds is 1. The zero-order valence-electron chi connectivity index (χ0n) is 12.8. The van der Waals surface area contributed by atoms with Crippen molar-refractivity contribution in [2.45, 2.75) is 36.8 Å². The Bertz CT molecular complexity index is 629. The summed E-state index contributed by atoms with van der Waals surface area (Å²) >= 11 is 1.17. The van der Waals surface area contributed by atoms with Crippen molar-refractivity contribution in [1.29, 1.82) is 0 Å². The van der Waals surface area contributed by atoms with Gasteiger partial charge in [-0.15, -0.1) is 0 Å². The molecule has 2 aliphatic rings. The van der Waals surface area contributed by atoms with Gasteiger partial charge in [0.15, 0.2) is 0 Å². The van der Waals surface area contributed by atoms with Gasteiger partial charge in [0.2, 0.25) is 0 Å². The Morgan fingerprint density at radius 2 is 1.43 bits per heavy atom. The standard InChI is InChI=1S/C18H19.2ClH.Hf/c1-11-12(2)14(4)18(13(11)3)17-10-9-15-7-5-6-8-16(15)17;;;/h5-10,17H,1-4H3;2*1H;/q;;;+2/p-2. The van der Waals surface area contributed by atoms with Crippen molar-refractivity contribution in [2.75, 3.05) is 0 Å². The summed E-state index contributed by atoms with van der Waals surface area (Å²) in [5, 5.41) is 0. The number of benzene rings is 1. The van der Waals surface area contributed by atoms with Crippen LogP contribution in [-0.2, 0) is 24.4 Å². The van der Waals surface area contributed by atoms with E-state index in [-0.39, 0.29) is 28.0 Å². The van der Waals surface area contributed by atoms with E-state index in [9.17, 15) is 0 Å². The van der Waals surface area contributed by atoms with E-state index in [2.05, 4.69) is 64.1 Å². The smallest absolute Gasteiger partial charge is 1.00 e. The van der Waals surface area contributed by atoms with Crippen LogP contribution in [0.3, 0.4) is 0 Å². The van der Waals surface area contributed by atoms with Gasteiger partial charge < -0.3 is 24.8 Å². The van der Waals surface area contributed by atoms with Crippen LogP contribution in [0.4, 0.5) is 0 Å². The van der Waals surface area contributed by atoms with Crippen LogP contribution in [0, 0.1) is 0 Å². The molecule has 3 rings (SSSR count). The Hall–Kier alpha value is -0.110. The molecule has 109 valence electrons. The molecule has 0 radical (unpaired) electrons. The molecule has 0 aromatic heterocycles. The number of fused-ring (bicyclic) bond motifs is 1. The van der Waals surface area contributed by atoms with Crippen LogP contribution in [0.5, 0.6) is 0 Å². The molecule has 1 unspecified atom stereocenters. The van der Waals surface area contributed by atoms with Crippen LogP contribution in [0.2, 0.25) is 3.17 Å². The SMILES string of the molecule is CC1=C(C)[C]([Hf+2])(C2C=Cc3ccccc32)C(C)=C1C.[Cl-].[Cl-]. The average molecular weight is 485 g/mol. The van der Waals surface area contributed by atoms with Gasteiger partial charge >= 0.3 is 131 Å². The summed E-state index contributed by atoms with van der Waals surface area (Å²) in [4.78, 5) is 0. The first-order chi connectivity index (χ1) is 8.98. The molecular formula is C18H19Cl2Hf. The molecule has 0 heterocycles. The summed E-state index contributed by atoms with van der Waals surface area (Å²) in [6, 6.07) is 8.87. The maximum Gasteiger partial charge on any atom is -1.00 e. The third kappa shape index (κ3) is 2.56. The van der Waals surface area contributed by atoms with Crippen molar-refractivity contribution in [3.63, 3.8) is 0 Å². The maximum absolute atomic E-state index is 2.43. The van der Waals surface area contributed by atoms with Gasteiger partial charge in [0.25, 0.3) is 0 Å². The van der Waals surface area contributed by atoms with E-state index in [1.165, 1.54) is 46.6 Å². The fourth-order valence-electron chi connectivity index (χ4n) is 3.53. The Labute approximate surface area is 155 Å². The molecule has 1 aromatic rings. The largest absolute Gasteiger partial charge is 1.00 e. The third-order valence-corrected chi connectivity index (χ3v) is 8.95. The zero-order valence-corrected chi connectivity index (χ0v) is 17.9. The molecule has 0 N–H and O–H groups in total. The van der Waals surface area contributed by atoms with E-state index in [0.717, 1.165) is 0 Å². The van der Waals surface area contributed by atoms with Gasteiger partial charge in [0.1, 0.15) is 0 Å². The molecule has 0 fully saturated rings. The van der Waals surface area contributed by atoms with Crippen LogP contribution in [0.15, 0.2) is 52.6 Å². The van der Waals surface area contributed by atoms with Crippen LogP contribution in [0.1, 0.15) is 44.7 Å². The number of hydrogen-bond donors (Lipinski definition) is 0. The Morgan fingerprint density at radius 3 is 2.00 bits per heavy atom. The molecule has 0 spiro atoms. The second-order valence-electron chi connectivity index (χ2n) is 5.77. The van der Waals surface area contributed by atoms with Gasteiger partial charge in [-0.3, -0.25) is 0 Å². The summed E-state index contributed by atoms with van der Waals surface area (Å²) in [5.41, 5.74) is 9.15. The quantitative estimate of drug-likeness (QED) is 0.458. The molecule has 1 atom stereocenters. The van der Waals surface area contributed by atoms with Crippen LogP contribution >= 0.6 is 0 Å². The van der Waals surface area contributed by atoms with Gasteiger partial charge in [-0.05, 0) is 0 Å². The predicted molar refractivity (Wildman–Crippen MR) is 77.7 cm³/mol. The topological polar surface area (TPSA) is 0 Å². The Balaban J connectivity index is 0.00000110. The second-order valence-corrected chi connectivity index (χ2v) is 8.61. The van der Waals surface area contributed by atoms with Crippen molar-refractivity contribution in [3.05, 3.63) is 63.8 Å². The predicted octanol–water partition coefficient (Wildman–Crippen LogP) is -0.803. The summed E-state index contributed by atoms with van der Waals surface area (Å²) in [7, 11) is 0. The summed E-state index contributed by atoms with van der Waals surface area (Å²) in [5.74, 6) is 0.544. The molecule has 2 aliphatic carbocycles. The molecule has 0 bridgehead atoms. The summed E-state index contributed by atoms with van der Waals surface area (Å²) in [6.45, 7) is 9.27. The monoisotopic (exact) mass is 485 g/mol. The van der Waals surface area contributed by atoms with Crippen molar-refractivity contribution in [3.8, 4) is 0 Å². The first kappa shape index (κ1) is 18.9.